The topological polar surface area (TPSA) is 95.5 Å². The summed E-state index contributed by atoms with van der Waals surface area (Å²) in [6, 6.07) is 23.0. The average Bonchev–Trinajstić information content (AvgIpc) is 2.79. The van der Waals surface area contributed by atoms with Crippen molar-refractivity contribution in [2.45, 2.75) is 36.9 Å². The highest BCUT2D eigenvalue weighted by atomic mass is 32.2. The number of thiol groups is 1. The van der Waals surface area contributed by atoms with Gasteiger partial charge in [0, 0.05) is 18.7 Å². The first kappa shape index (κ1) is 23.7. The molecule has 0 fully saturated rings. The molecule has 6 nitrogen and oxygen atoms in total. The van der Waals surface area contributed by atoms with Crippen LogP contribution >= 0.6 is 0 Å². The number of aryl methyl sites for hydroxylation is 1. The van der Waals surface area contributed by atoms with Crippen molar-refractivity contribution in [3.63, 3.8) is 0 Å². The number of amides is 1. The lowest BCUT2D eigenvalue weighted by Crippen LogP contribution is -2.48. The van der Waals surface area contributed by atoms with Crippen molar-refractivity contribution < 1.29 is 18.3 Å². The molecule has 3 aromatic carbocycles. The Morgan fingerprint density at radius 1 is 0.938 bits per heavy atom. The number of nitrogens with one attached hydrogen (secondary N) is 2. The molecule has 0 bridgehead atoms. The lowest BCUT2D eigenvalue weighted by molar-refractivity contribution is 0.0829. The van der Waals surface area contributed by atoms with Crippen LogP contribution in [0.15, 0.2) is 83.8 Å². The van der Waals surface area contributed by atoms with Gasteiger partial charge < -0.3 is 15.7 Å². The zero-order chi connectivity index (χ0) is 22.9. The summed E-state index contributed by atoms with van der Waals surface area (Å²) in [6.45, 7) is 2.92. The second kappa shape index (κ2) is 11.6. The van der Waals surface area contributed by atoms with E-state index in [4.69, 9.17) is 0 Å². The molecule has 0 spiro atoms. The van der Waals surface area contributed by atoms with Crippen molar-refractivity contribution >= 4 is 16.6 Å². The van der Waals surface area contributed by atoms with Crippen LogP contribution in [0.5, 0.6) is 0 Å². The van der Waals surface area contributed by atoms with Gasteiger partial charge in [0.1, 0.15) is 0 Å². The largest absolute Gasteiger partial charge is 0.390 e. The van der Waals surface area contributed by atoms with Crippen molar-refractivity contribution in [3.05, 3.63) is 101 Å². The van der Waals surface area contributed by atoms with Gasteiger partial charge in [-0.1, -0.05) is 66.2 Å². The van der Waals surface area contributed by atoms with E-state index in [1.165, 1.54) is 23.8 Å². The fraction of sp³-hybridized carbons (Fsp3) is 0.240. The lowest BCUT2D eigenvalue weighted by atomic mass is 10.0. The second-order valence-electron chi connectivity index (χ2n) is 7.76. The molecule has 0 aliphatic heterocycles. The molecule has 0 saturated carbocycles. The van der Waals surface area contributed by atoms with E-state index >= 15 is 0 Å². The third-order valence-corrected chi connectivity index (χ3v) is 5.86. The van der Waals surface area contributed by atoms with Crippen LogP contribution in [0.3, 0.4) is 0 Å². The normalized spacial score (nSPS) is 13.0. The van der Waals surface area contributed by atoms with Crippen molar-refractivity contribution in [1.29, 1.82) is 0 Å². The van der Waals surface area contributed by atoms with E-state index in [1.807, 2.05) is 55.5 Å². The molecule has 0 unspecified atom stereocenters. The number of hydrogen-bond donors (Lipinski definition) is 4. The molecular formula is C25H28N2O4S. The summed E-state index contributed by atoms with van der Waals surface area (Å²) in [4.78, 5) is 12.9. The van der Waals surface area contributed by atoms with Crippen molar-refractivity contribution in [3.8, 4) is 0 Å². The van der Waals surface area contributed by atoms with Gasteiger partial charge in [-0.3, -0.25) is 4.79 Å². The third kappa shape index (κ3) is 7.02. The Balaban J connectivity index is 1.69. The van der Waals surface area contributed by atoms with Gasteiger partial charge in [-0.2, -0.15) is 0 Å². The Hall–Kier alpha value is -3.00. The molecule has 32 heavy (non-hydrogen) atoms. The number of benzene rings is 3. The number of rotatable bonds is 10. The van der Waals surface area contributed by atoms with Gasteiger partial charge in [0.2, 0.25) is 0 Å². The SMILES string of the molecule is Cc1cccc(CNC[C@@H](O)[C@H](Cc2ccccc2)NC(=O)c2cccc([SH](=O)=O)c2)c1. The molecule has 1 amide bonds. The van der Waals surface area contributed by atoms with Crippen LogP contribution in [-0.4, -0.2) is 38.1 Å². The smallest absolute Gasteiger partial charge is 0.251 e. The number of carbonyl (C=O) groups excluding carboxylic acids is 1. The molecule has 0 saturated heterocycles. The Bertz CT molecular complexity index is 1110. The predicted octanol–water partition coefficient (Wildman–Crippen LogP) is 2.46. The van der Waals surface area contributed by atoms with E-state index in [0.717, 1.165) is 11.1 Å². The van der Waals surface area contributed by atoms with Gasteiger partial charge in [0.05, 0.1) is 17.0 Å². The minimum atomic E-state index is -2.78. The Morgan fingerprint density at radius 2 is 1.66 bits per heavy atom. The van der Waals surface area contributed by atoms with Crippen molar-refractivity contribution in [2.24, 2.45) is 0 Å². The summed E-state index contributed by atoms with van der Waals surface area (Å²) in [5, 5.41) is 17.0. The zero-order valence-corrected chi connectivity index (χ0v) is 18.8. The second-order valence-corrected chi connectivity index (χ2v) is 8.80. The van der Waals surface area contributed by atoms with Crippen LogP contribution in [0.1, 0.15) is 27.0 Å². The Kier molecular flexibility index (Phi) is 8.56. The highest BCUT2D eigenvalue weighted by Crippen LogP contribution is 2.11. The zero-order valence-electron chi connectivity index (χ0n) is 17.9. The molecule has 3 rings (SSSR count). The standard InChI is InChI=1S/C25H28N2O4S/c1-18-7-5-10-20(13-18)16-26-17-24(28)23(14-19-8-3-2-4-9-19)27-25(29)21-11-6-12-22(15-21)32(30)31/h2-13,15,23-24,26,28,32H,14,16-17H2,1H3,(H,27,29)/t23-,24+/m0/s1. The molecule has 2 atom stereocenters. The molecule has 0 heterocycles. The first-order chi connectivity index (χ1) is 15.4. The van der Waals surface area contributed by atoms with Crippen LogP contribution in [-0.2, 0) is 23.7 Å². The van der Waals surface area contributed by atoms with Crippen molar-refractivity contribution in [1.82, 2.24) is 10.6 Å². The molecule has 0 radical (unpaired) electrons. The summed E-state index contributed by atoms with van der Waals surface area (Å²) in [6.07, 6.45) is -0.404. The molecule has 168 valence electrons. The van der Waals surface area contributed by atoms with E-state index in [-0.39, 0.29) is 17.0 Å². The monoisotopic (exact) mass is 452 g/mol. The van der Waals surface area contributed by atoms with E-state index in [9.17, 15) is 18.3 Å². The van der Waals surface area contributed by atoms with Gasteiger partial charge in [0.25, 0.3) is 5.91 Å². The predicted molar refractivity (Wildman–Crippen MR) is 125 cm³/mol. The molecule has 0 aliphatic carbocycles. The Morgan fingerprint density at radius 3 is 2.38 bits per heavy atom. The Labute approximate surface area is 190 Å². The molecule has 7 heteroatoms. The summed E-state index contributed by atoms with van der Waals surface area (Å²) in [7, 11) is -2.78. The highest BCUT2D eigenvalue weighted by Gasteiger charge is 2.22. The van der Waals surface area contributed by atoms with Gasteiger partial charge in [0.15, 0.2) is 10.7 Å². The van der Waals surface area contributed by atoms with E-state index in [0.29, 0.717) is 13.0 Å². The summed E-state index contributed by atoms with van der Waals surface area (Å²) in [5.41, 5.74) is 3.50. The molecule has 0 aliphatic rings. The maximum Gasteiger partial charge on any atom is 0.251 e. The quantitative estimate of drug-likeness (QED) is 0.355. The number of hydrogen-bond acceptors (Lipinski definition) is 5. The van der Waals surface area contributed by atoms with Crippen LogP contribution < -0.4 is 10.6 Å². The van der Waals surface area contributed by atoms with Gasteiger partial charge in [-0.15, -0.1) is 0 Å². The first-order valence-electron chi connectivity index (χ1n) is 10.5. The van der Waals surface area contributed by atoms with Crippen LogP contribution in [0, 0.1) is 6.92 Å². The van der Waals surface area contributed by atoms with Crippen LogP contribution in [0.2, 0.25) is 0 Å². The van der Waals surface area contributed by atoms with Crippen LogP contribution in [0.25, 0.3) is 0 Å². The third-order valence-electron chi connectivity index (χ3n) is 5.16. The fourth-order valence-electron chi connectivity index (χ4n) is 3.49. The van der Waals surface area contributed by atoms with Gasteiger partial charge >= 0.3 is 0 Å². The summed E-state index contributed by atoms with van der Waals surface area (Å²) in [5.74, 6) is -0.428. The van der Waals surface area contributed by atoms with Gasteiger partial charge in [-0.25, -0.2) is 8.42 Å². The van der Waals surface area contributed by atoms with Gasteiger partial charge in [-0.05, 0) is 42.7 Å². The molecule has 3 aromatic rings. The number of aliphatic hydroxyl groups excluding tert-OH is 1. The average molecular weight is 453 g/mol. The maximum atomic E-state index is 12.8. The van der Waals surface area contributed by atoms with Crippen molar-refractivity contribution in [2.75, 3.05) is 6.54 Å². The highest BCUT2D eigenvalue weighted by molar-refractivity contribution is 7.72. The molecule has 0 aromatic heterocycles. The lowest BCUT2D eigenvalue weighted by Gasteiger charge is -2.25. The minimum Gasteiger partial charge on any atom is -0.390 e. The van der Waals surface area contributed by atoms with Crippen LogP contribution in [0.4, 0.5) is 0 Å². The van der Waals surface area contributed by atoms with E-state index < -0.39 is 28.8 Å². The molecule has 3 N–H and O–H groups in total. The first-order valence-corrected chi connectivity index (χ1v) is 11.6. The minimum absolute atomic E-state index is 0.0765. The number of aliphatic hydroxyl groups is 1. The van der Waals surface area contributed by atoms with E-state index in [1.54, 1.807) is 6.07 Å². The summed E-state index contributed by atoms with van der Waals surface area (Å²) < 4.78 is 22.5. The summed E-state index contributed by atoms with van der Waals surface area (Å²) >= 11 is 0. The fourth-order valence-corrected chi connectivity index (χ4v) is 3.94. The number of carbonyl (C=O) groups is 1. The molecular weight excluding hydrogens is 424 g/mol. The maximum absolute atomic E-state index is 12.8. The van der Waals surface area contributed by atoms with E-state index in [2.05, 4.69) is 16.7 Å².